The zero-order valence-electron chi connectivity index (χ0n) is 13.7. The fourth-order valence-electron chi connectivity index (χ4n) is 2.14. The van der Waals surface area contributed by atoms with Crippen molar-refractivity contribution in [1.29, 1.82) is 5.26 Å². The van der Waals surface area contributed by atoms with E-state index in [0.717, 1.165) is 11.9 Å². The molecule has 1 heterocycles. The van der Waals surface area contributed by atoms with Crippen LogP contribution in [0.2, 0.25) is 5.02 Å². The second-order valence-electron chi connectivity index (χ2n) is 5.07. The van der Waals surface area contributed by atoms with Gasteiger partial charge in [-0.3, -0.25) is 10.1 Å². The van der Waals surface area contributed by atoms with Crippen molar-refractivity contribution in [2.45, 2.75) is 18.6 Å². The lowest BCUT2D eigenvalue weighted by molar-refractivity contribution is -0.385. The minimum absolute atomic E-state index is 0.0517. The van der Waals surface area contributed by atoms with Crippen LogP contribution in [0.25, 0.3) is 0 Å². The minimum atomic E-state index is -0.600. The number of ether oxygens (including phenoxy) is 1. The van der Waals surface area contributed by atoms with E-state index in [2.05, 4.69) is 9.71 Å². The Kier molecular flexibility index (Phi) is 7.00. The molecule has 7 nitrogen and oxygen atoms in total. The molecule has 1 aromatic carbocycles. The maximum atomic E-state index is 14.2. The first-order valence-corrected chi connectivity index (χ1v) is 8.73. The van der Waals surface area contributed by atoms with Crippen LogP contribution in [0.5, 0.6) is 5.88 Å². The van der Waals surface area contributed by atoms with E-state index in [1.165, 1.54) is 19.2 Å². The second kappa shape index (κ2) is 9.22. The van der Waals surface area contributed by atoms with Crippen LogP contribution in [0, 0.1) is 27.3 Å². The van der Waals surface area contributed by atoms with Crippen LogP contribution in [0.1, 0.15) is 17.5 Å². The Bertz CT molecular complexity index is 860. The summed E-state index contributed by atoms with van der Waals surface area (Å²) in [5, 5.41) is 20.0. The Morgan fingerprint density at radius 2 is 2.23 bits per heavy atom. The number of nitrogens with zero attached hydrogens (tertiary/aromatic N) is 3. The quantitative estimate of drug-likeness (QED) is 0.398. The summed E-state index contributed by atoms with van der Waals surface area (Å²) in [6.07, 6.45) is 0.549. The molecule has 0 bridgehead atoms. The molecule has 2 aromatic rings. The van der Waals surface area contributed by atoms with E-state index in [4.69, 9.17) is 21.6 Å². The molecule has 26 heavy (non-hydrogen) atoms. The highest BCUT2D eigenvalue weighted by atomic mass is 35.5. The number of rotatable bonds is 8. The summed E-state index contributed by atoms with van der Waals surface area (Å²) in [6, 6.07) is 7.61. The van der Waals surface area contributed by atoms with Crippen molar-refractivity contribution in [3.05, 3.63) is 56.3 Å². The molecule has 1 N–H and O–H groups in total. The number of hydrogen-bond acceptors (Lipinski definition) is 7. The van der Waals surface area contributed by atoms with Crippen LogP contribution in [0.4, 0.5) is 15.9 Å². The lowest BCUT2D eigenvalue weighted by atomic mass is 10.1. The number of hydrogen-bond donors (Lipinski definition) is 1. The van der Waals surface area contributed by atoms with Crippen LogP contribution >= 0.6 is 23.5 Å². The lowest BCUT2D eigenvalue weighted by Crippen LogP contribution is -2.02. The summed E-state index contributed by atoms with van der Waals surface area (Å²) in [5.41, 5.74) is 0.829. The van der Waals surface area contributed by atoms with Crippen LogP contribution < -0.4 is 9.46 Å². The number of halogens is 2. The number of aryl methyl sites for hydroxylation is 1. The third-order valence-corrected chi connectivity index (χ3v) is 4.38. The molecule has 0 spiro atoms. The minimum Gasteiger partial charge on any atom is -0.481 e. The number of benzene rings is 1. The third kappa shape index (κ3) is 4.97. The SMILES string of the molecule is COc1nc(NSCc2ccc(Cl)cc2[N+](=O)[O-])c(F)cc1CCC#N. The van der Waals surface area contributed by atoms with Gasteiger partial charge in [0.05, 0.1) is 18.1 Å². The monoisotopic (exact) mass is 396 g/mol. The van der Waals surface area contributed by atoms with E-state index in [0.29, 0.717) is 17.5 Å². The van der Waals surface area contributed by atoms with Crippen molar-refractivity contribution in [2.75, 3.05) is 11.8 Å². The van der Waals surface area contributed by atoms with Gasteiger partial charge >= 0.3 is 0 Å². The number of pyridine rings is 1. The highest BCUT2D eigenvalue weighted by molar-refractivity contribution is 7.99. The van der Waals surface area contributed by atoms with Crippen LogP contribution in [0.3, 0.4) is 0 Å². The normalized spacial score (nSPS) is 10.2. The molecule has 0 aliphatic rings. The van der Waals surface area contributed by atoms with Gasteiger partial charge in [-0.2, -0.15) is 10.2 Å². The summed E-state index contributed by atoms with van der Waals surface area (Å²) in [4.78, 5) is 14.6. The van der Waals surface area contributed by atoms with Gasteiger partial charge in [0.15, 0.2) is 11.6 Å². The van der Waals surface area contributed by atoms with Gasteiger partial charge in [0.1, 0.15) is 0 Å². The van der Waals surface area contributed by atoms with E-state index < -0.39 is 10.7 Å². The number of nitro benzene ring substituents is 1. The smallest absolute Gasteiger partial charge is 0.274 e. The zero-order valence-corrected chi connectivity index (χ0v) is 15.2. The van der Waals surface area contributed by atoms with Crippen molar-refractivity contribution in [3.63, 3.8) is 0 Å². The number of nitrogens with one attached hydrogen (secondary N) is 1. The predicted octanol–water partition coefficient (Wildman–Crippen LogP) is 4.51. The Morgan fingerprint density at radius 1 is 1.46 bits per heavy atom. The molecule has 0 aliphatic heterocycles. The molecule has 1 aromatic heterocycles. The van der Waals surface area contributed by atoms with Crippen LogP contribution in [-0.2, 0) is 12.2 Å². The maximum Gasteiger partial charge on any atom is 0.274 e. The molecule has 0 unspecified atom stereocenters. The van der Waals surface area contributed by atoms with E-state index in [-0.39, 0.29) is 34.6 Å². The third-order valence-electron chi connectivity index (χ3n) is 3.36. The molecule has 0 atom stereocenters. The second-order valence-corrected chi connectivity index (χ2v) is 6.28. The molecule has 10 heteroatoms. The van der Waals surface area contributed by atoms with Gasteiger partial charge in [-0.25, -0.2) is 4.39 Å². The first-order chi connectivity index (χ1) is 12.5. The van der Waals surface area contributed by atoms with Crippen molar-refractivity contribution < 1.29 is 14.1 Å². The van der Waals surface area contributed by atoms with Gasteiger partial charge in [0.25, 0.3) is 5.69 Å². The van der Waals surface area contributed by atoms with Gasteiger partial charge in [-0.1, -0.05) is 11.6 Å². The topological polar surface area (TPSA) is 101 Å². The fourth-order valence-corrected chi connectivity index (χ4v) is 3.06. The molecule has 0 saturated heterocycles. The highest BCUT2D eigenvalue weighted by Gasteiger charge is 2.16. The predicted molar refractivity (Wildman–Crippen MR) is 97.7 cm³/mol. The molecule has 0 aliphatic carbocycles. The summed E-state index contributed by atoms with van der Waals surface area (Å²) in [7, 11) is 1.41. The molecular weight excluding hydrogens is 383 g/mol. The first kappa shape index (κ1) is 19.8. The molecule has 0 radical (unpaired) electrons. The molecule has 2 rings (SSSR count). The maximum absolute atomic E-state index is 14.2. The van der Waals surface area contributed by atoms with Gasteiger partial charge in [0, 0.05) is 34.4 Å². The number of aromatic nitrogens is 1. The number of anilines is 1. The summed E-state index contributed by atoms with van der Waals surface area (Å²) in [5.74, 6) is -0.226. The number of nitriles is 1. The van der Waals surface area contributed by atoms with Gasteiger partial charge in [-0.15, -0.1) is 0 Å². The molecule has 0 fully saturated rings. The average Bonchev–Trinajstić information content (AvgIpc) is 2.62. The zero-order chi connectivity index (χ0) is 19.1. The molecular formula is C16H14ClFN4O3S. The summed E-state index contributed by atoms with van der Waals surface area (Å²) < 4.78 is 22.0. The van der Waals surface area contributed by atoms with E-state index in [9.17, 15) is 14.5 Å². The average molecular weight is 397 g/mol. The van der Waals surface area contributed by atoms with Crippen molar-refractivity contribution in [2.24, 2.45) is 0 Å². The van der Waals surface area contributed by atoms with Crippen molar-refractivity contribution in [1.82, 2.24) is 4.98 Å². The Hall–Kier alpha value is -2.57. The van der Waals surface area contributed by atoms with Crippen LogP contribution in [-0.4, -0.2) is 17.0 Å². The fraction of sp³-hybridized carbons (Fsp3) is 0.250. The van der Waals surface area contributed by atoms with Crippen molar-refractivity contribution >= 4 is 35.1 Å². The summed E-state index contributed by atoms with van der Waals surface area (Å²) >= 11 is 6.82. The Balaban J connectivity index is 2.11. The largest absolute Gasteiger partial charge is 0.481 e. The first-order valence-electron chi connectivity index (χ1n) is 7.37. The van der Waals surface area contributed by atoms with Crippen molar-refractivity contribution in [3.8, 4) is 11.9 Å². The van der Waals surface area contributed by atoms with Gasteiger partial charge in [0.2, 0.25) is 5.88 Å². The molecule has 136 valence electrons. The summed E-state index contributed by atoms with van der Waals surface area (Å²) in [6.45, 7) is 0. The Morgan fingerprint density at radius 3 is 2.88 bits per heavy atom. The lowest BCUT2D eigenvalue weighted by Gasteiger charge is -2.11. The van der Waals surface area contributed by atoms with E-state index >= 15 is 0 Å². The van der Waals surface area contributed by atoms with Crippen LogP contribution in [0.15, 0.2) is 24.3 Å². The molecule has 0 amide bonds. The molecule has 0 saturated carbocycles. The van der Waals surface area contributed by atoms with E-state index in [1.54, 1.807) is 12.1 Å². The van der Waals surface area contributed by atoms with E-state index in [1.807, 2.05) is 6.07 Å². The van der Waals surface area contributed by atoms with Gasteiger partial charge < -0.3 is 9.46 Å². The number of methoxy groups -OCH3 is 1. The van der Waals surface area contributed by atoms with Gasteiger partial charge in [-0.05, 0) is 36.6 Å². The Labute approximate surface area is 158 Å². The highest BCUT2D eigenvalue weighted by Crippen LogP contribution is 2.29. The standard InChI is InChI=1S/C16H14ClFN4O3S/c1-25-16-10(3-2-6-19)7-13(18)15(20-16)21-26-9-11-4-5-12(17)8-14(11)22(23)24/h4-5,7-8H,2-3,9H2,1H3,(H,20,21). The number of nitro groups is 1.